The summed E-state index contributed by atoms with van der Waals surface area (Å²) in [7, 11) is -1.34. The molecular formula is C16H14N4O6S. The molecule has 0 aliphatic carbocycles. The third-order valence-electron chi connectivity index (χ3n) is 4.06. The molecule has 0 radical (unpaired) electrons. The van der Waals surface area contributed by atoms with Crippen LogP contribution in [0, 0.1) is 10.1 Å². The zero-order valence-electron chi connectivity index (χ0n) is 14.2. The first-order valence-corrected chi connectivity index (χ1v) is 9.07. The van der Waals surface area contributed by atoms with E-state index in [1.807, 2.05) is 0 Å². The molecule has 27 heavy (non-hydrogen) atoms. The van der Waals surface area contributed by atoms with Crippen LogP contribution in [0.2, 0.25) is 0 Å². The number of sulfonamides is 1. The van der Waals surface area contributed by atoms with Gasteiger partial charge < -0.3 is 0 Å². The van der Waals surface area contributed by atoms with Gasteiger partial charge in [0.15, 0.2) is 0 Å². The Morgan fingerprint density at radius 1 is 1.04 bits per heavy atom. The van der Waals surface area contributed by atoms with Gasteiger partial charge in [0.2, 0.25) is 0 Å². The Kier molecular flexibility index (Phi) is 4.31. The van der Waals surface area contributed by atoms with Gasteiger partial charge in [-0.15, -0.1) is 0 Å². The van der Waals surface area contributed by atoms with Gasteiger partial charge in [0.05, 0.1) is 26.4 Å². The topological polar surface area (TPSA) is 133 Å². The average molecular weight is 390 g/mol. The van der Waals surface area contributed by atoms with E-state index in [4.69, 9.17) is 0 Å². The number of hydrogen-bond donors (Lipinski definition) is 1. The molecule has 0 fully saturated rings. The van der Waals surface area contributed by atoms with Crippen LogP contribution in [0.1, 0.15) is 0 Å². The van der Waals surface area contributed by atoms with Gasteiger partial charge in [0, 0.05) is 26.2 Å². The van der Waals surface area contributed by atoms with Gasteiger partial charge in [0.25, 0.3) is 21.3 Å². The first-order valence-electron chi connectivity index (χ1n) is 7.59. The predicted octanol–water partition coefficient (Wildman–Crippen LogP) is 0.946. The Balaban J connectivity index is 2.11. The zero-order chi connectivity index (χ0) is 19.9. The summed E-state index contributed by atoms with van der Waals surface area (Å²) < 4.78 is 29.6. The lowest BCUT2D eigenvalue weighted by Gasteiger charge is -2.11. The number of nitrogens with one attached hydrogen (secondary N) is 1. The molecule has 10 nitrogen and oxygen atoms in total. The number of benzene rings is 2. The summed E-state index contributed by atoms with van der Waals surface area (Å²) in [4.78, 5) is 34.2. The summed E-state index contributed by atoms with van der Waals surface area (Å²) in [6.45, 7) is 0. The molecule has 3 rings (SSSR count). The van der Waals surface area contributed by atoms with Crippen LogP contribution in [0.3, 0.4) is 0 Å². The van der Waals surface area contributed by atoms with Crippen molar-refractivity contribution in [2.75, 3.05) is 4.72 Å². The minimum Gasteiger partial charge on any atom is -0.296 e. The molecule has 0 aliphatic rings. The normalized spacial score (nSPS) is 11.5. The van der Waals surface area contributed by atoms with Crippen LogP contribution < -0.4 is 16.0 Å². The fourth-order valence-electron chi connectivity index (χ4n) is 2.64. The first-order chi connectivity index (χ1) is 12.6. The molecule has 0 saturated carbocycles. The Morgan fingerprint density at radius 2 is 1.74 bits per heavy atom. The van der Waals surface area contributed by atoms with Gasteiger partial charge in [-0.3, -0.25) is 28.8 Å². The second-order valence-electron chi connectivity index (χ2n) is 5.80. The van der Waals surface area contributed by atoms with E-state index < -0.39 is 26.2 Å². The van der Waals surface area contributed by atoms with Crippen molar-refractivity contribution < 1.29 is 13.3 Å². The number of non-ortho nitro benzene ring substituents is 1. The minimum absolute atomic E-state index is 0.0117. The minimum atomic E-state index is -4.11. The van der Waals surface area contributed by atoms with Gasteiger partial charge >= 0.3 is 5.69 Å². The standard InChI is InChI=1S/C16H14N4O6S/c1-18-14-7-6-12(9-13(14)15(21)19(2)16(18)22)27(25,26)17-10-4-3-5-11(8-10)20(23)24/h3-9,17H,1-2H3. The molecule has 0 unspecified atom stereocenters. The van der Waals surface area contributed by atoms with E-state index in [1.54, 1.807) is 0 Å². The number of aryl methyl sites for hydroxylation is 1. The Morgan fingerprint density at radius 3 is 2.41 bits per heavy atom. The molecule has 0 aliphatic heterocycles. The molecule has 1 aromatic heterocycles. The summed E-state index contributed by atoms with van der Waals surface area (Å²) in [6.07, 6.45) is 0. The Labute approximate surface area is 152 Å². The molecule has 1 N–H and O–H groups in total. The summed E-state index contributed by atoms with van der Waals surface area (Å²) in [5.41, 5.74) is -1.12. The molecule has 0 spiro atoms. The van der Waals surface area contributed by atoms with Crippen molar-refractivity contribution in [1.82, 2.24) is 9.13 Å². The number of nitro benzene ring substituents is 1. The number of nitrogens with zero attached hydrogens (tertiary/aromatic N) is 3. The maximum Gasteiger partial charge on any atom is 0.330 e. The maximum absolute atomic E-state index is 12.6. The highest BCUT2D eigenvalue weighted by Crippen LogP contribution is 2.22. The predicted molar refractivity (Wildman–Crippen MR) is 98.3 cm³/mol. The van der Waals surface area contributed by atoms with E-state index in [-0.39, 0.29) is 27.2 Å². The van der Waals surface area contributed by atoms with Crippen LogP contribution in [-0.2, 0) is 24.1 Å². The van der Waals surface area contributed by atoms with Gasteiger partial charge in [-0.1, -0.05) is 6.07 Å². The fourth-order valence-corrected chi connectivity index (χ4v) is 3.71. The monoisotopic (exact) mass is 390 g/mol. The van der Waals surface area contributed by atoms with E-state index in [0.29, 0.717) is 0 Å². The van der Waals surface area contributed by atoms with Crippen molar-refractivity contribution in [2.24, 2.45) is 14.1 Å². The van der Waals surface area contributed by atoms with E-state index in [1.165, 1.54) is 49.0 Å². The maximum atomic E-state index is 12.6. The molecule has 0 saturated heterocycles. The zero-order valence-corrected chi connectivity index (χ0v) is 15.1. The lowest BCUT2D eigenvalue weighted by Crippen LogP contribution is -2.37. The molecule has 1 heterocycles. The lowest BCUT2D eigenvalue weighted by atomic mass is 10.2. The highest BCUT2D eigenvalue weighted by Gasteiger charge is 2.18. The van der Waals surface area contributed by atoms with Crippen molar-refractivity contribution in [1.29, 1.82) is 0 Å². The van der Waals surface area contributed by atoms with Crippen LogP contribution in [0.25, 0.3) is 10.9 Å². The van der Waals surface area contributed by atoms with Crippen LogP contribution in [0.5, 0.6) is 0 Å². The Bertz CT molecular complexity index is 1310. The van der Waals surface area contributed by atoms with Crippen molar-refractivity contribution in [3.63, 3.8) is 0 Å². The third-order valence-corrected chi connectivity index (χ3v) is 5.44. The number of fused-ring (bicyclic) bond motifs is 1. The van der Waals surface area contributed by atoms with Crippen LogP contribution in [0.4, 0.5) is 11.4 Å². The second kappa shape index (κ2) is 6.36. The number of anilines is 1. The van der Waals surface area contributed by atoms with Gasteiger partial charge in [0.1, 0.15) is 0 Å². The highest BCUT2D eigenvalue weighted by molar-refractivity contribution is 7.92. The molecular weight excluding hydrogens is 376 g/mol. The third kappa shape index (κ3) is 3.19. The molecule has 3 aromatic rings. The van der Waals surface area contributed by atoms with Crippen LogP contribution in [-0.4, -0.2) is 22.5 Å². The van der Waals surface area contributed by atoms with Crippen molar-refractivity contribution in [3.05, 3.63) is 73.4 Å². The Hall–Kier alpha value is -3.47. The molecule has 0 atom stereocenters. The van der Waals surface area contributed by atoms with Crippen LogP contribution >= 0.6 is 0 Å². The summed E-state index contributed by atoms with van der Waals surface area (Å²) >= 11 is 0. The number of aromatic nitrogens is 2. The lowest BCUT2D eigenvalue weighted by molar-refractivity contribution is -0.384. The molecule has 2 aromatic carbocycles. The van der Waals surface area contributed by atoms with Gasteiger partial charge in [-0.25, -0.2) is 13.2 Å². The average Bonchev–Trinajstić information content (AvgIpc) is 2.64. The number of hydrogen-bond acceptors (Lipinski definition) is 6. The van der Waals surface area contributed by atoms with E-state index in [0.717, 1.165) is 16.7 Å². The summed E-state index contributed by atoms with van der Waals surface area (Å²) in [5, 5.41) is 10.9. The SMILES string of the molecule is Cn1c(=O)c2cc(S(=O)(=O)Nc3cccc([N+](=O)[O-])c3)ccc2n(C)c1=O. The van der Waals surface area contributed by atoms with Crippen molar-refractivity contribution in [2.45, 2.75) is 4.90 Å². The first kappa shape index (κ1) is 18.3. The molecule has 0 amide bonds. The van der Waals surface area contributed by atoms with Crippen LogP contribution in [0.15, 0.2) is 56.9 Å². The van der Waals surface area contributed by atoms with E-state index in [2.05, 4.69) is 4.72 Å². The largest absolute Gasteiger partial charge is 0.330 e. The van der Waals surface area contributed by atoms with Crippen molar-refractivity contribution in [3.8, 4) is 0 Å². The highest BCUT2D eigenvalue weighted by atomic mass is 32.2. The van der Waals surface area contributed by atoms with E-state index >= 15 is 0 Å². The molecule has 0 bridgehead atoms. The number of nitro groups is 1. The summed E-state index contributed by atoms with van der Waals surface area (Å²) in [5.74, 6) is 0. The summed E-state index contributed by atoms with van der Waals surface area (Å²) in [6, 6.07) is 8.81. The van der Waals surface area contributed by atoms with E-state index in [9.17, 15) is 28.1 Å². The van der Waals surface area contributed by atoms with Crippen molar-refractivity contribution >= 4 is 32.3 Å². The fraction of sp³-hybridized carbons (Fsp3) is 0.125. The quantitative estimate of drug-likeness (QED) is 0.521. The van der Waals surface area contributed by atoms with Gasteiger partial charge in [-0.2, -0.15) is 0 Å². The molecule has 140 valence electrons. The van der Waals surface area contributed by atoms with Gasteiger partial charge in [-0.05, 0) is 24.3 Å². The smallest absolute Gasteiger partial charge is 0.296 e. The second-order valence-corrected chi connectivity index (χ2v) is 7.48. The molecule has 11 heteroatoms. The number of rotatable bonds is 4.